The van der Waals surface area contributed by atoms with E-state index in [1.54, 1.807) is 24.3 Å². The molecular formula is C19H18ClN6O7S2-. The van der Waals surface area contributed by atoms with E-state index in [1.165, 1.54) is 13.1 Å². The van der Waals surface area contributed by atoms with Crippen molar-refractivity contribution in [2.24, 2.45) is 0 Å². The van der Waals surface area contributed by atoms with Crippen molar-refractivity contribution in [1.29, 1.82) is 0 Å². The molecule has 0 radical (unpaired) electrons. The molecule has 0 saturated carbocycles. The van der Waals surface area contributed by atoms with E-state index in [0.29, 0.717) is 15.6 Å². The molecule has 2 heterocycles. The summed E-state index contributed by atoms with van der Waals surface area (Å²) >= 11 is 4.05. The number of anilines is 1. The summed E-state index contributed by atoms with van der Waals surface area (Å²) in [6.45, 7) is -0.475. The average molecular weight is 542 g/mol. The van der Waals surface area contributed by atoms with Crippen LogP contribution in [0.5, 0.6) is 0 Å². The topological polar surface area (TPSA) is 182 Å². The number of carboxylic acids is 1. The van der Waals surface area contributed by atoms with Gasteiger partial charge in [0.1, 0.15) is 18.1 Å². The van der Waals surface area contributed by atoms with Crippen LogP contribution in [0.2, 0.25) is 5.02 Å². The number of aryl methyl sites for hydroxylation is 1. The van der Waals surface area contributed by atoms with Crippen LogP contribution in [0.15, 0.2) is 40.1 Å². The molecule has 0 spiro atoms. The van der Waals surface area contributed by atoms with E-state index >= 15 is 0 Å². The first-order chi connectivity index (χ1) is 16.5. The predicted molar refractivity (Wildman–Crippen MR) is 127 cm³/mol. The molecule has 3 aromatic rings. The lowest BCUT2D eigenvalue weighted by molar-refractivity contribution is -0.144. The quantitative estimate of drug-likeness (QED) is 0.339. The van der Waals surface area contributed by atoms with E-state index < -0.39 is 47.5 Å². The second kappa shape index (κ2) is 11.4. The fourth-order valence-corrected chi connectivity index (χ4v) is 4.51. The molecule has 1 atom stereocenters. The monoisotopic (exact) mass is 541 g/mol. The highest BCUT2D eigenvalue weighted by atomic mass is 35.5. The number of aliphatic carboxylic acids is 1. The van der Waals surface area contributed by atoms with E-state index in [2.05, 4.69) is 15.2 Å². The number of rotatable bonds is 10. The first-order valence-electron chi connectivity index (χ1n) is 9.81. The van der Waals surface area contributed by atoms with E-state index in [0.717, 1.165) is 25.1 Å². The van der Waals surface area contributed by atoms with Crippen LogP contribution >= 0.6 is 22.9 Å². The van der Waals surface area contributed by atoms with Gasteiger partial charge in [-0.25, -0.2) is 4.79 Å². The molecule has 0 saturated heterocycles. The second-order valence-corrected chi connectivity index (χ2v) is 9.39. The van der Waals surface area contributed by atoms with Crippen LogP contribution in [0.3, 0.4) is 0 Å². The molecule has 0 aliphatic carbocycles. The van der Waals surface area contributed by atoms with Crippen LogP contribution < -0.4 is 15.6 Å². The highest BCUT2D eigenvalue weighted by Crippen LogP contribution is 2.29. The zero-order chi connectivity index (χ0) is 25.7. The lowest BCUT2D eigenvalue weighted by Gasteiger charge is -2.27. The Balaban J connectivity index is 1.77. The third-order valence-corrected chi connectivity index (χ3v) is 6.72. The number of nitrogens with one attached hydrogen (secondary N) is 1. The zero-order valence-corrected chi connectivity index (χ0v) is 20.4. The minimum Gasteiger partial charge on any atom is -0.755 e. The summed E-state index contributed by atoms with van der Waals surface area (Å²) in [5.74, 6) is -2.10. The Bertz CT molecular complexity index is 1370. The molecule has 1 aromatic carbocycles. The Morgan fingerprint density at radius 2 is 1.91 bits per heavy atom. The zero-order valence-electron chi connectivity index (χ0n) is 18.0. The third-order valence-electron chi connectivity index (χ3n) is 4.65. The summed E-state index contributed by atoms with van der Waals surface area (Å²) < 4.78 is 25.5. The average Bonchev–Trinajstić information content (AvgIpc) is 3.26. The molecule has 2 aromatic heterocycles. The maximum absolute atomic E-state index is 12.7. The number of aromatic nitrogens is 4. The number of carbonyl (C=O) groups is 2. The summed E-state index contributed by atoms with van der Waals surface area (Å²) in [6, 6.07) is 6.68. The molecular weight excluding hydrogens is 524 g/mol. The largest absolute Gasteiger partial charge is 0.755 e. The van der Waals surface area contributed by atoms with Crippen LogP contribution in [0, 0.1) is 6.92 Å². The highest BCUT2D eigenvalue weighted by molar-refractivity contribution is 7.80. The maximum atomic E-state index is 12.7. The fourth-order valence-electron chi connectivity index (χ4n) is 2.91. The van der Waals surface area contributed by atoms with Crippen molar-refractivity contribution in [2.75, 3.05) is 23.9 Å². The Labute approximate surface area is 209 Å². The Kier molecular flexibility index (Phi) is 8.50. The third kappa shape index (κ3) is 6.82. The van der Waals surface area contributed by atoms with E-state index in [-0.39, 0.29) is 23.8 Å². The van der Waals surface area contributed by atoms with Gasteiger partial charge in [-0.05, 0) is 19.1 Å². The summed E-state index contributed by atoms with van der Waals surface area (Å²) in [4.78, 5) is 50.4. The van der Waals surface area contributed by atoms with Crippen LogP contribution in [0.4, 0.5) is 5.13 Å². The van der Waals surface area contributed by atoms with Gasteiger partial charge >= 0.3 is 11.7 Å². The van der Waals surface area contributed by atoms with Crippen molar-refractivity contribution in [1.82, 2.24) is 24.6 Å². The molecule has 0 bridgehead atoms. The molecule has 1 amide bonds. The molecule has 35 heavy (non-hydrogen) atoms. The number of hydrogen-bond donors (Lipinski definition) is 2. The normalized spacial score (nSPS) is 11.7. The van der Waals surface area contributed by atoms with Crippen LogP contribution in [0.25, 0.3) is 10.6 Å². The van der Waals surface area contributed by atoms with Gasteiger partial charge in [0, 0.05) is 40.2 Å². The van der Waals surface area contributed by atoms with Gasteiger partial charge in [-0.3, -0.25) is 32.4 Å². The van der Waals surface area contributed by atoms with Gasteiger partial charge in [-0.15, -0.1) is 10.2 Å². The maximum Gasteiger partial charge on any atom is 0.328 e. The minimum atomic E-state index is -2.80. The summed E-state index contributed by atoms with van der Waals surface area (Å²) in [6.07, 6.45) is 1.18. The lowest BCUT2D eigenvalue weighted by Crippen LogP contribution is -2.44. The molecule has 186 valence electrons. The number of aromatic amines is 1. The SMILES string of the molecule is Cc1cn(CC(=O)N(CCN(c2nnc(-c3ccc(Cl)cc3)s2)S(=O)[O-])CC(=O)O)c(=O)[nH]c1=O. The molecule has 2 N–H and O–H groups in total. The molecule has 0 fully saturated rings. The number of benzene rings is 1. The smallest absolute Gasteiger partial charge is 0.328 e. The van der Waals surface area contributed by atoms with Gasteiger partial charge < -0.3 is 14.6 Å². The Hall–Kier alpha value is -3.40. The predicted octanol–water partition coefficient (Wildman–Crippen LogP) is 0.231. The van der Waals surface area contributed by atoms with Gasteiger partial charge in [0.2, 0.25) is 11.0 Å². The van der Waals surface area contributed by atoms with Gasteiger partial charge in [0.15, 0.2) is 0 Å². The van der Waals surface area contributed by atoms with E-state index in [1.807, 2.05) is 0 Å². The van der Waals surface area contributed by atoms with Gasteiger partial charge in [-0.2, -0.15) is 0 Å². The second-order valence-electron chi connectivity index (χ2n) is 7.12. The number of H-pyrrole nitrogens is 1. The number of hydrogen-bond acceptors (Lipinski definition) is 9. The summed E-state index contributed by atoms with van der Waals surface area (Å²) in [7, 11) is 0. The van der Waals surface area contributed by atoms with Crippen molar-refractivity contribution in [3.8, 4) is 10.6 Å². The van der Waals surface area contributed by atoms with E-state index in [9.17, 15) is 33.0 Å². The minimum absolute atomic E-state index is 0.0125. The Morgan fingerprint density at radius 3 is 2.54 bits per heavy atom. The lowest BCUT2D eigenvalue weighted by atomic mass is 10.2. The van der Waals surface area contributed by atoms with Crippen molar-refractivity contribution in [2.45, 2.75) is 13.5 Å². The van der Waals surface area contributed by atoms with Crippen LogP contribution in [-0.4, -0.2) is 70.0 Å². The fraction of sp³-hybridized carbons (Fsp3) is 0.263. The molecule has 16 heteroatoms. The number of halogens is 1. The van der Waals surface area contributed by atoms with Crippen molar-refractivity contribution in [3.63, 3.8) is 0 Å². The molecule has 1 unspecified atom stereocenters. The van der Waals surface area contributed by atoms with Crippen LogP contribution in [-0.2, 0) is 27.4 Å². The van der Waals surface area contributed by atoms with E-state index in [4.69, 9.17) is 11.6 Å². The van der Waals surface area contributed by atoms with Gasteiger partial charge in [0.05, 0.1) is 6.54 Å². The summed E-state index contributed by atoms with van der Waals surface area (Å²) in [5, 5.41) is 18.0. The molecule has 0 aliphatic heterocycles. The van der Waals surface area contributed by atoms with Crippen molar-refractivity contribution < 1.29 is 23.5 Å². The number of amides is 1. The molecule has 13 nitrogen and oxygen atoms in total. The number of carbonyl (C=O) groups excluding carboxylic acids is 1. The Morgan fingerprint density at radius 1 is 1.23 bits per heavy atom. The molecule has 3 rings (SSSR count). The van der Waals surface area contributed by atoms with Crippen LogP contribution in [0.1, 0.15) is 5.56 Å². The first-order valence-corrected chi connectivity index (χ1v) is 12.0. The number of nitrogens with zero attached hydrogens (tertiary/aromatic N) is 5. The van der Waals surface area contributed by atoms with Crippen molar-refractivity contribution in [3.05, 3.63) is 61.9 Å². The first kappa shape index (κ1) is 26.2. The standard InChI is InChI=1S/C19H19ClN6O7S2/c1-11-8-25(18(31)21-16(11)30)9-14(27)24(10-15(28)29)6-7-26(35(32)33)19-23-22-17(34-19)12-2-4-13(20)5-3-12/h2-5,8H,6-7,9-10H2,1H3,(H,28,29)(H,32,33)(H,21,30,31)/p-1. The summed E-state index contributed by atoms with van der Waals surface area (Å²) in [5.41, 5.74) is -0.596. The molecule has 0 aliphatic rings. The van der Waals surface area contributed by atoms with Crippen molar-refractivity contribution >= 4 is 51.2 Å². The highest BCUT2D eigenvalue weighted by Gasteiger charge is 2.21. The number of carboxylic acid groups (broad SMARTS) is 1. The van der Waals surface area contributed by atoms with Gasteiger partial charge in [-0.1, -0.05) is 35.1 Å². The van der Waals surface area contributed by atoms with Gasteiger partial charge in [0.25, 0.3) is 5.56 Å².